The second-order valence-corrected chi connectivity index (χ2v) is 15.0. The lowest BCUT2D eigenvalue weighted by Gasteiger charge is -2.35. The summed E-state index contributed by atoms with van der Waals surface area (Å²) < 4.78 is 1.18. The summed E-state index contributed by atoms with van der Waals surface area (Å²) >= 11 is 0. The Morgan fingerprint density at radius 1 is 0.364 bits per heavy atom. The van der Waals surface area contributed by atoms with E-state index in [4.69, 9.17) is 0 Å². The van der Waals surface area contributed by atoms with E-state index in [2.05, 4.69) is 20.9 Å². The average molecular weight is 645 g/mol. The molecule has 0 amide bonds. The maximum atomic E-state index is 9.93. The van der Waals surface area contributed by atoms with E-state index >= 15 is 0 Å². The van der Waals surface area contributed by atoms with Crippen LogP contribution in [0.15, 0.2) is 0 Å². The molecule has 0 aliphatic heterocycles. The van der Waals surface area contributed by atoms with Gasteiger partial charge in [0.25, 0.3) is 0 Å². The number of quaternary nitrogens is 1. The lowest BCUT2D eigenvalue weighted by molar-refractivity contribution is -0.910. The summed E-state index contributed by atoms with van der Waals surface area (Å²) in [4.78, 5) is 0. The van der Waals surface area contributed by atoms with Gasteiger partial charge in [0, 0.05) is 6.42 Å². The summed E-state index contributed by atoms with van der Waals surface area (Å²) in [5.74, 6) is 0. The van der Waals surface area contributed by atoms with Crippen LogP contribution >= 0.6 is 0 Å². The van der Waals surface area contributed by atoms with Gasteiger partial charge in [0.05, 0.1) is 32.8 Å². The molecule has 0 aromatic heterocycles. The van der Waals surface area contributed by atoms with Crippen molar-refractivity contribution in [3.05, 3.63) is 0 Å². The highest BCUT2D eigenvalue weighted by molar-refractivity contribution is 4.54. The predicted octanol–water partition coefficient (Wildman–Crippen LogP) is 10.7. The molecule has 1 atom stereocenters. The lowest BCUT2D eigenvalue weighted by Crippen LogP contribution is -3.00. The Morgan fingerprint density at radius 3 is 0.773 bits per heavy atom. The van der Waals surface area contributed by atoms with Crippen molar-refractivity contribution in [2.75, 3.05) is 26.7 Å². The molecular formula is C41H86ClNO. The van der Waals surface area contributed by atoms with Crippen molar-refractivity contribution < 1.29 is 22.0 Å². The van der Waals surface area contributed by atoms with Crippen LogP contribution in [0.2, 0.25) is 0 Å². The Kier molecular flexibility index (Phi) is 39.7. The molecule has 0 aromatic carbocycles. The number of nitrogens with zero attached hydrogens (tertiary/aromatic N) is 1. The molecule has 0 aromatic rings. The summed E-state index contributed by atoms with van der Waals surface area (Å²) in [7, 11) is 2.47. The van der Waals surface area contributed by atoms with E-state index in [-0.39, 0.29) is 18.5 Å². The summed E-state index contributed by atoms with van der Waals surface area (Å²) in [6.07, 6.45) is 46.9. The normalized spacial score (nSPS) is 12.5. The maximum absolute atomic E-state index is 9.93. The van der Waals surface area contributed by atoms with E-state index < -0.39 is 0 Å². The van der Waals surface area contributed by atoms with Gasteiger partial charge >= 0.3 is 0 Å². The minimum Gasteiger partial charge on any atom is -1.00 e. The fraction of sp³-hybridized carbons (Fsp3) is 1.00. The first-order chi connectivity index (χ1) is 21.0. The summed E-state index contributed by atoms with van der Waals surface area (Å²) in [6, 6.07) is 0. The first-order valence-corrected chi connectivity index (χ1v) is 20.6. The highest BCUT2D eigenvalue weighted by atomic mass is 35.5. The lowest BCUT2D eigenvalue weighted by atomic mass is 10.0. The molecule has 0 fully saturated rings. The Labute approximate surface area is 286 Å². The van der Waals surface area contributed by atoms with Gasteiger partial charge < -0.3 is 22.0 Å². The molecule has 2 nitrogen and oxygen atoms in total. The second kappa shape index (κ2) is 37.7. The molecule has 0 aliphatic carbocycles. The molecule has 1 unspecified atom stereocenters. The molecule has 0 saturated carbocycles. The molecule has 44 heavy (non-hydrogen) atoms. The Balaban J connectivity index is 0. The average Bonchev–Trinajstić information content (AvgIpc) is 2.99. The number of hydrogen-bond acceptors (Lipinski definition) is 1. The van der Waals surface area contributed by atoms with Crippen molar-refractivity contribution in [1.82, 2.24) is 0 Å². The van der Waals surface area contributed by atoms with Crippen LogP contribution in [0.5, 0.6) is 0 Å². The monoisotopic (exact) mass is 644 g/mol. The number of unbranched alkanes of at least 4 members (excludes halogenated alkanes) is 30. The Morgan fingerprint density at radius 2 is 0.568 bits per heavy atom. The third-order valence-corrected chi connectivity index (χ3v) is 10.2. The highest BCUT2D eigenvalue weighted by Crippen LogP contribution is 2.18. The molecule has 0 saturated heterocycles. The first-order valence-electron chi connectivity index (χ1n) is 20.6. The topological polar surface area (TPSA) is 20.2 Å². The van der Waals surface area contributed by atoms with Crippen molar-refractivity contribution in [3.8, 4) is 0 Å². The van der Waals surface area contributed by atoms with Crippen molar-refractivity contribution in [1.29, 1.82) is 0 Å². The van der Waals surface area contributed by atoms with Crippen LogP contribution in [0.1, 0.15) is 233 Å². The molecule has 268 valence electrons. The number of rotatable bonds is 37. The van der Waals surface area contributed by atoms with Gasteiger partial charge in [-0.1, -0.05) is 194 Å². The molecule has 0 spiro atoms. The molecule has 0 bridgehead atoms. The maximum Gasteiger partial charge on any atom is 0.0809 e. The van der Waals surface area contributed by atoms with Gasteiger partial charge in [-0.2, -0.15) is 0 Å². The van der Waals surface area contributed by atoms with Gasteiger partial charge in [0.15, 0.2) is 0 Å². The van der Waals surface area contributed by atoms with Gasteiger partial charge in [-0.15, -0.1) is 0 Å². The number of aliphatic hydroxyl groups is 1. The predicted molar refractivity (Wildman–Crippen MR) is 196 cm³/mol. The summed E-state index contributed by atoms with van der Waals surface area (Å²) in [5, 5.41) is 9.93. The molecule has 0 heterocycles. The largest absolute Gasteiger partial charge is 1.00 e. The Bertz CT molecular complexity index is 475. The zero-order chi connectivity index (χ0) is 31.5. The van der Waals surface area contributed by atoms with Crippen LogP contribution in [0.4, 0.5) is 0 Å². The van der Waals surface area contributed by atoms with Crippen molar-refractivity contribution in [2.24, 2.45) is 0 Å². The fourth-order valence-electron chi connectivity index (χ4n) is 6.92. The molecule has 3 heteroatoms. The van der Waals surface area contributed by atoms with Crippen LogP contribution < -0.4 is 12.4 Å². The van der Waals surface area contributed by atoms with Crippen molar-refractivity contribution >= 4 is 0 Å². The second-order valence-electron chi connectivity index (χ2n) is 15.0. The van der Waals surface area contributed by atoms with Crippen LogP contribution in [0.3, 0.4) is 0 Å². The molecule has 0 rings (SSSR count). The van der Waals surface area contributed by atoms with Gasteiger partial charge in [-0.05, 0) is 32.6 Å². The van der Waals surface area contributed by atoms with E-state index in [0.29, 0.717) is 0 Å². The summed E-state index contributed by atoms with van der Waals surface area (Å²) in [5.41, 5.74) is 0. The van der Waals surface area contributed by atoms with Gasteiger partial charge in [-0.25, -0.2) is 0 Å². The van der Waals surface area contributed by atoms with E-state index in [9.17, 15) is 5.11 Å². The first kappa shape index (κ1) is 46.3. The zero-order valence-corrected chi connectivity index (χ0v) is 32.1. The van der Waals surface area contributed by atoms with Gasteiger partial charge in [0.1, 0.15) is 0 Å². The third kappa shape index (κ3) is 36.7. The van der Waals surface area contributed by atoms with Crippen LogP contribution in [0.25, 0.3) is 0 Å². The minimum atomic E-state index is -0.158. The number of aliphatic hydroxyl groups excluding tert-OH is 1. The van der Waals surface area contributed by atoms with Crippen LogP contribution in [-0.4, -0.2) is 42.4 Å². The Hall–Kier alpha value is 0.210. The van der Waals surface area contributed by atoms with Gasteiger partial charge in [0.2, 0.25) is 0 Å². The standard InChI is InChI=1S/C41H86NO.ClH/c1-5-7-9-11-13-15-17-19-21-23-25-27-29-31-33-35-38-42(4,40-37-41(3)43)39-36-34-32-30-28-26-24-22-20-18-16-14-12-10-8-6-2;/h41,43H,5-40H2,1-4H3;1H/q+1;/p-1. The SMILES string of the molecule is CCCCCCCCCCCCCCCCCC[N+](C)(CCCCCCCCCCCCCCCCCC)CCC(C)O.[Cl-]. The number of hydrogen-bond donors (Lipinski definition) is 1. The molecule has 0 aliphatic rings. The van der Waals surface area contributed by atoms with Gasteiger partial charge in [-0.3, -0.25) is 0 Å². The van der Waals surface area contributed by atoms with Crippen LogP contribution in [0, 0.1) is 0 Å². The van der Waals surface area contributed by atoms with E-state index in [1.807, 2.05) is 6.92 Å². The van der Waals surface area contributed by atoms with Crippen LogP contribution in [-0.2, 0) is 0 Å². The quantitative estimate of drug-likeness (QED) is 0.0527. The van der Waals surface area contributed by atoms with E-state index in [1.54, 1.807) is 0 Å². The fourth-order valence-corrected chi connectivity index (χ4v) is 6.92. The van der Waals surface area contributed by atoms with E-state index in [1.165, 1.54) is 223 Å². The summed E-state index contributed by atoms with van der Waals surface area (Å²) in [6.45, 7) is 10.3. The third-order valence-electron chi connectivity index (χ3n) is 10.2. The minimum absolute atomic E-state index is 0. The molecule has 0 radical (unpaired) electrons. The highest BCUT2D eigenvalue weighted by Gasteiger charge is 2.21. The zero-order valence-electron chi connectivity index (χ0n) is 31.3. The van der Waals surface area contributed by atoms with E-state index in [0.717, 1.165) is 13.0 Å². The number of halogens is 1. The molecular weight excluding hydrogens is 558 g/mol. The smallest absolute Gasteiger partial charge is 0.0809 e. The van der Waals surface area contributed by atoms with Crippen molar-refractivity contribution in [2.45, 2.75) is 239 Å². The molecule has 1 N–H and O–H groups in total. The van der Waals surface area contributed by atoms with Crippen molar-refractivity contribution in [3.63, 3.8) is 0 Å².